The highest BCUT2D eigenvalue weighted by atomic mass is 32.2. The van der Waals surface area contributed by atoms with Crippen LogP contribution in [0.25, 0.3) is 11.0 Å². The number of carbonyl (C=O) groups excluding carboxylic acids is 1. The van der Waals surface area contributed by atoms with E-state index in [1.807, 2.05) is 18.9 Å². The van der Waals surface area contributed by atoms with E-state index in [2.05, 4.69) is 10.1 Å². The average Bonchev–Trinajstić information content (AvgIpc) is 3.43. The number of rotatable bonds is 5. The molecule has 4 heterocycles. The van der Waals surface area contributed by atoms with Crippen molar-refractivity contribution in [2.75, 3.05) is 40.4 Å². The highest BCUT2D eigenvalue weighted by Gasteiger charge is 2.44. The smallest absolute Gasteiger partial charge is 0.259 e. The molecular formula is C25H31N5O5S. The van der Waals surface area contributed by atoms with Crippen LogP contribution in [0.2, 0.25) is 0 Å². The second kappa shape index (κ2) is 9.04. The highest BCUT2D eigenvalue weighted by Crippen LogP contribution is 2.42. The van der Waals surface area contributed by atoms with Crippen molar-refractivity contribution in [3.63, 3.8) is 0 Å². The van der Waals surface area contributed by atoms with Gasteiger partial charge in [0.1, 0.15) is 17.1 Å². The molecule has 1 amide bonds. The average molecular weight is 514 g/mol. The van der Waals surface area contributed by atoms with Crippen LogP contribution in [0, 0.1) is 12.3 Å². The molecular weight excluding hydrogens is 482 g/mol. The van der Waals surface area contributed by atoms with Crippen molar-refractivity contribution in [2.45, 2.75) is 31.1 Å². The van der Waals surface area contributed by atoms with Crippen LogP contribution >= 0.6 is 0 Å². The summed E-state index contributed by atoms with van der Waals surface area (Å²) in [5, 5.41) is 5.16. The van der Waals surface area contributed by atoms with Gasteiger partial charge in [-0.2, -0.15) is 9.40 Å². The number of sulfonamides is 1. The Morgan fingerprint density at radius 1 is 1.08 bits per heavy atom. The number of aryl methyl sites for hydroxylation is 2. The summed E-state index contributed by atoms with van der Waals surface area (Å²) < 4.78 is 40.5. The van der Waals surface area contributed by atoms with E-state index in [9.17, 15) is 13.2 Å². The van der Waals surface area contributed by atoms with E-state index in [0.717, 1.165) is 17.5 Å². The highest BCUT2D eigenvalue weighted by molar-refractivity contribution is 7.89. The van der Waals surface area contributed by atoms with Crippen LogP contribution in [-0.4, -0.2) is 78.7 Å². The molecule has 0 bridgehead atoms. The monoisotopic (exact) mass is 513 g/mol. The van der Waals surface area contributed by atoms with Gasteiger partial charge in [0.05, 0.1) is 30.2 Å². The molecule has 0 radical (unpaired) electrons. The number of likely N-dealkylation sites (tertiary alicyclic amines) is 1. The third-order valence-corrected chi connectivity index (χ3v) is 9.50. The molecule has 0 N–H and O–H groups in total. The molecule has 3 aromatic rings. The molecule has 0 unspecified atom stereocenters. The minimum absolute atomic E-state index is 0.0922. The summed E-state index contributed by atoms with van der Waals surface area (Å²) in [5.74, 6) is 0.891. The molecule has 11 heteroatoms. The van der Waals surface area contributed by atoms with E-state index in [1.165, 1.54) is 7.11 Å². The second-order valence-corrected chi connectivity index (χ2v) is 11.6. The van der Waals surface area contributed by atoms with Crippen molar-refractivity contribution in [2.24, 2.45) is 12.5 Å². The van der Waals surface area contributed by atoms with Crippen LogP contribution in [0.3, 0.4) is 0 Å². The Kier molecular flexibility index (Phi) is 6.16. The van der Waals surface area contributed by atoms with Crippen LogP contribution in [0.1, 0.15) is 35.3 Å². The summed E-state index contributed by atoms with van der Waals surface area (Å²) in [7, 11) is 1.28. The lowest BCUT2D eigenvalue weighted by Crippen LogP contribution is -2.44. The quantitative estimate of drug-likeness (QED) is 0.516. The SMILES string of the molecule is COc1cccc(S(=O)(=O)N2CCC3(CCN(C(=O)c4cnc5c(c(C)nn5C)c4OC)C3)CC2)c1. The Balaban J connectivity index is 1.31. The third-order valence-electron chi connectivity index (χ3n) is 7.60. The van der Waals surface area contributed by atoms with Crippen molar-refractivity contribution >= 4 is 27.0 Å². The van der Waals surface area contributed by atoms with Crippen LogP contribution in [0.5, 0.6) is 11.5 Å². The van der Waals surface area contributed by atoms with E-state index in [0.29, 0.717) is 61.7 Å². The van der Waals surface area contributed by atoms with E-state index >= 15 is 0 Å². The number of methoxy groups -OCH3 is 2. The molecule has 2 saturated heterocycles. The van der Waals surface area contributed by atoms with Gasteiger partial charge in [0.2, 0.25) is 10.0 Å². The molecule has 1 spiro atoms. The predicted octanol–water partition coefficient (Wildman–Crippen LogP) is 2.61. The lowest BCUT2D eigenvalue weighted by atomic mass is 9.78. The molecule has 2 aromatic heterocycles. The number of pyridine rings is 1. The Morgan fingerprint density at radius 3 is 2.50 bits per heavy atom. The number of piperidine rings is 1. The number of amides is 1. The summed E-state index contributed by atoms with van der Waals surface area (Å²) in [6.07, 6.45) is 3.82. The third kappa shape index (κ3) is 4.00. The molecule has 5 rings (SSSR count). The molecule has 10 nitrogen and oxygen atoms in total. The topological polar surface area (TPSA) is 107 Å². The molecule has 0 aliphatic carbocycles. The summed E-state index contributed by atoms with van der Waals surface area (Å²) in [4.78, 5) is 20.1. The maximum Gasteiger partial charge on any atom is 0.259 e. The largest absolute Gasteiger partial charge is 0.497 e. The fraction of sp³-hybridized carbons (Fsp3) is 0.480. The first-order valence-corrected chi connectivity index (χ1v) is 13.4. The summed E-state index contributed by atoms with van der Waals surface area (Å²) in [6.45, 7) is 3.93. The molecule has 0 saturated carbocycles. The van der Waals surface area contributed by atoms with E-state index < -0.39 is 10.0 Å². The summed E-state index contributed by atoms with van der Waals surface area (Å²) in [5.41, 5.74) is 1.76. The number of hydrogen-bond acceptors (Lipinski definition) is 7. The molecule has 2 fully saturated rings. The zero-order valence-corrected chi connectivity index (χ0v) is 21.8. The lowest BCUT2D eigenvalue weighted by Gasteiger charge is -2.38. The van der Waals surface area contributed by atoms with Gasteiger partial charge in [0, 0.05) is 45.5 Å². The first-order valence-electron chi connectivity index (χ1n) is 12.0. The molecule has 0 atom stereocenters. The van der Waals surface area contributed by atoms with Crippen LogP contribution in [0.15, 0.2) is 35.4 Å². The summed E-state index contributed by atoms with van der Waals surface area (Å²) in [6, 6.07) is 6.57. The first-order chi connectivity index (χ1) is 17.2. The lowest BCUT2D eigenvalue weighted by molar-refractivity contribution is 0.0747. The predicted molar refractivity (Wildman–Crippen MR) is 134 cm³/mol. The van der Waals surface area contributed by atoms with Gasteiger partial charge >= 0.3 is 0 Å². The summed E-state index contributed by atoms with van der Waals surface area (Å²) >= 11 is 0. The van der Waals surface area contributed by atoms with Crippen molar-refractivity contribution in [1.29, 1.82) is 0 Å². The van der Waals surface area contributed by atoms with Crippen molar-refractivity contribution in [1.82, 2.24) is 24.0 Å². The minimum Gasteiger partial charge on any atom is -0.497 e. The fourth-order valence-corrected chi connectivity index (χ4v) is 7.02. The molecule has 2 aliphatic rings. The van der Waals surface area contributed by atoms with Gasteiger partial charge < -0.3 is 14.4 Å². The van der Waals surface area contributed by atoms with Gasteiger partial charge in [0.15, 0.2) is 5.65 Å². The molecule has 192 valence electrons. The van der Waals surface area contributed by atoms with Gasteiger partial charge in [-0.05, 0) is 43.7 Å². The normalized spacial score (nSPS) is 18.2. The number of benzene rings is 1. The standard InChI is InChI=1S/C25H31N5O5S/c1-17-21-22(35-4)20(15-26-23(21)28(2)27-17)24(31)29-11-8-25(16-29)9-12-30(13-10-25)36(32,33)19-7-5-6-18(14-19)34-3/h5-7,14-15H,8-13,16H2,1-4H3. The number of hydrogen-bond donors (Lipinski definition) is 0. The number of nitrogens with zero attached hydrogens (tertiary/aromatic N) is 5. The fourth-order valence-electron chi connectivity index (χ4n) is 5.54. The number of aromatic nitrogens is 3. The maximum absolute atomic E-state index is 13.5. The minimum atomic E-state index is -3.61. The first kappa shape index (κ1) is 24.5. The van der Waals surface area contributed by atoms with Gasteiger partial charge in [-0.1, -0.05) is 6.07 Å². The van der Waals surface area contributed by atoms with Crippen molar-refractivity contribution in [3.8, 4) is 11.5 Å². The Labute approximate surface area is 210 Å². The number of carbonyl (C=O) groups is 1. The van der Waals surface area contributed by atoms with Gasteiger partial charge in [-0.25, -0.2) is 13.4 Å². The number of ether oxygens (including phenoxy) is 2. The number of fused-ring (bicyclic) bond motifs is 1. The molecule has 36 heavy (non-hydrogen) atoms. The Bertz CT molecular complexity index is 1430. The van der Waals surface area contributed by atoms with Crippen molar-refractivity contribution < 1.29 is 22.7 Å². The van der Waals surface area contributed by atoms with E-state index in [4.69, 9.17) is 9.47 Å². The van der Waals surface area contributed by atoms with E-state index in [1.54, 1.807) is 46.6 Å². The molecule has 1 aromatic carbocycles. The van der Waals surface area contributed by atoms with Gasteiger partial charge in [-0.3, -0.25) is 9.48 Å². The molecule has 2 aliphatic heterocycles. The Hall–Kier alpha value is -3.18. The zero-order valence-electron chi connectivity index (χ0n) is 21.0. The van der Waals surface area contributed by atoms with E-state index in [-0.39, 0.29) is 16.2 Å². The van der Waals surface area contributed by atoms with Gasteiger partial charge in [-0.15, -0.1) is 0 Å². The second-order valence-electron chi connectivity index (χ2n) is 9.67. The van der Waals surface area contributed by atoms with Crippen LogP contribution < -0.4 is 9.47 Å². The Morgan fingerprint density at radius 2 is 1.81 bits per heavy atom. The van der Waals surface area contributed by atoms with Gasteiger partial charge in [0.25, 0.3) is 5.91 Å². The zero-order chi connectivity index (χ0) is 25.7. The maximum atomic E-state index is 13.5. The van der Waals surface area contributed by atoms with Crippen molar-refractivity contribution in [3.05, 3.63) is 41.7 Å². The van der Waals surface area contributed by atoms with Crippen LogP contribution in [-0.2, 0) is 17.1 Å². The van der Waals surface area contributed by atoms with Crippen LogP contribution in [0.4, 0.5) is 0 Å².